The highest BCUT2D eigenvalue weighted by atomic mass is 16.5. The van der Waals surface area contributed by atoms with Gasteiger partial charge >= 0.3 is 0 Å². The van der Waals surface area contributed by atoms with Gasteiger partial charge in [0.2, 0.25) is 0 Å². The second kappa shape index (κ2) is 6.33. The topological polar surface area (TPSA) is 29.5 Å². The summed E-state index contributed by atoms with van der Waals surface area (Å²) in [5.41, 5.74) is 4.15. The minimum absolute atomic E-state index is 0.214. The van der Waals surface area contributed by atoms with Gasteiger partial charge in [-0.05, 0) is 57.4 Å². The highest BCUT2D eigenvalue weighted by Crippen LogP contribution is 2.49. The molecule has 6 atom stereocenters. The Bertz CT molecular complexity index is 510. The van der Waals surface area contributed by atoms with Crippen molar-refractivity contribution in [2.24, 2.45) is 23.7 Å². The zero-order valence-electron chi connectivity index (χ0n) is 14.4. The summed E-state index contributed by atoms with van der Waals surface area (Å²) < 4.78 is 5.89. The molecule has 1 aliphatic heterocycles. The number of allylic oxidation sites excluding steroid dienone is 3. The first-order valence-electron chi connectivity index (χ1n) is 8.79. The van der Waals surface area contributed by atoms with E-state index < -0.39 is 0 Å². The van der Waals surface area contributed by atoms with Crippen molar-refractivity contribution in [1.82, 2.24) is 0 Å². The summed E-state index contributed by atoms with van der Waals surface area (Å²) in [6.45, 7) is 9.56. The van der Waals surface area contributed by atoms with E-state index in [-0.39, 0.29) is 18.1 Å². The van der Waals surface area contributed by atoms with E-state index in [1.165, 1.54) is 16.7 Å². The maximum Gasteiger partial charge on any atom is 0.0835 e. The van der Waals surface area contributed by atoms with Crippen molar-refractivity contribution in [2.75, 3.05) is 6.61 Å². The molecule has 2 heteroatoms. The predicted octanol–water partition coefficient (Wildman–Crippen LogP) is 4.27. The van der Waals surface area contributed by atoms with Crippen molar-refractivity contribution in [1.29, 1.82) is 0 Å². The molecule has 0 aromatic rings. The van der Waals surface area contributed by atoms with Crippen LogP contribution in [0, 0.1) is 23.7 Å². The normalized spacial score (nSPS) is 38.0. The minimum atomic E-state index is -0.233. The lowest BCUT2D eigenvalue weighted by Gasteiger charge is -2.33. The van der Waals surface area contributed by atoms with Gasteiger partial charge in [0.1, 0.15) is 0 Å². The van der Waals surface area contributed by atoms with Crippen molar-refractivity contribution < 1.29 is 9.84 Å². The molecule has 22 heavy (non-hydrogen) atoms. The third-order valence-electron chi connectivity index (χ3n) is 5.93. The van der Waals surface area contributed by atoms with Gasteiger partial charge in [0.05, 0.1) is 18.8 Å². The van der Waals surface area contributed by atoms with E-state index in [2.05, 4.69) is 45.9 Å². The number of hydrogen-bond acceptors (Lipinski definition) is 2. The van der Waals surface area contributed by atoms with Gasteiger partial charge in [-0.3, -0.25) is 0 Å². The molecule has 0 aromatic heterocycles. The van der Waals surface area contributed by atoms with Gasteiger partial charge in [-0.2, -0.15) is 0 Å². The number of rotatable bonds is 4. The van der Waals surface area contributed by atoms with E-state index in [0.29, 0.717) is 17.8 Å². The van der Waals surface area contributed by atoms with Gasteiger partial charge in [-0.15, -0.1) is 0 Å². The molecule has 0 aromatic carbocycles. The standard InChI is InChI=1S/C20H30O2/c1-12(2)6-5-7-13(3)16-9-8-15-11-22-17-10-14(4)18(19(15)17)20(16)21/h6,8,10,13,16-21H,5,7,9,11H2,1-4H3/t13?,16?,17-,18-,19-,20?/m1/s1. The van der Waals surface area contributed by atoms with Crippen LogP contribution in [0.5, 0.6) is 0 Å². The Morgan fingerprint density at radius 1 is 1.41 bits per heavy atom. The molecular weight excluding hydrogens is 272 g/mol. The van der Waals surface area contributed by atoms with Crippen molar-refractivity contribution in [2.45, 2.75) is 59.2 Å². The van der Waals surface area contributed by atoms with Crippen LogP contribution in [0.1, 0.15) is 47.0 Å². The first-order valence-corrected chi connectivity index (χ1v) is 8.79. The van der Waals surface area contributed by atoms with Gasteiger partial charge in [-0.25, -0.2) is 0 Å². The number of aliphatic hydroxyl groups excluding tert-OH is 1. The van der Waals surface area contributed by atoms with E-state index >= 15 is 0 Å². The average Bonchev–Trinajstić information content (AvgIpc) is 2.91. The van der Waals surface area contributed by atoms with Crippen LogP contribution < -0.4 is 0 Å². The summed E-state index contributed by atoms with van der Waals surface area (Å²) in [6.07, 6.45) is 10.2. The summed E-state index contributed by atoms with van der Waals surface area (Å²) in [5, 5.41) is 11.1. The van der Waals surface area contributed by atoms with Crippen LogP contribution in [0.2, 0.25) is 0 Å². The summed E-state index contributed by atoms with van der Waals surface area (Å²) in [5.74, 6) is 1.60. The van der Waals surface area contributed by atoms with Gasteiger partial charge in [0.25, 0.3) is 0 Å². The predicted molar refractivity (Wildman–Crippen MR) is 90.5 cm³/mol. The molecular formula is C20H30O2. The van der Waals surface area contributed by atoms with Crippen molar-refractivity contribution in [3.05, 3.63) is 34.9 Å². The lowest BCUT2D eigenvalue weighted by molar-refractivity contribution is 0.0197. The van der Waals surface area contributed by atoms with Crippen molar-refractivity contribution in [3.8, 4) is 0 Å². The number of hydrogen-bond donors (Lipinski definition) is 1. The first kappa shape index (κ1) is 16.0. The van der Waals surface area contributed by atoms with Crippen molar-refractivity contribution in [3.63, 3.8) is 0 Å². The van der Waals surface area contributed by atoms with Gasteiger partial charge < -0.3 is 9.84 Å². The van der Waals surface area contributed by atoms with Crippen molar-refractivity contribution >= 4 is 0 Å². The SMILES string of the molecule is CC(C)=CCCC(C)C1CC=C2CO[C@@H]3C=C(C)[C@@H](C1O)[C@H]23. The minimum Gasteiger partial charge on any atom is -0.392 e. The molecule has 0 bridgehead atoms. The lowest BCUT2D eigenvalue weighted by atomic mass is 9.75. The molecule has 0 amide bonds. The molecule has 1 N–H and O–H groups in total. The Morgan fingerprint density at radius 3 is 2.91 bits per heavy atom. The van der Waals surface area contributed by atoms with Crippen LogP contribution >= 0.6 is 0 Å². The molecule has 2 nitrogen and oxygen atoms in total. The van der Waals surface area contributed by atoms with Crippen LogP contribution in [-0.2, 0) is 4.74 Å². The Kier molecular flexibility index (Phi) is 4.61. The molecule has 3 unspecified atom stereocenters. The molecule has 1 fully saturated rings. The molecule has 2 aliphatic carbocycles. The zero-order valence-corrected chi connectivity index (χ0v) is 14.4. The third-order valence-corrected chi connectivity index (χ3v) is 5.93. The van der Waals surface area contributed by atoms with Crippen LogP contribution in [-0.4, -0.2) is 23.9 Å². The summed E-state index contributed by atoms with van der Waals surface area (Å²) in [6, 6.07) is 0. The van der Waals surface area contributed by atoms with Crippen LogP contribution in [0.25, 0.3) is 0 Å². The largest absolute Gasteiger partial charge is 0.392 e. The quantitative estimate of drug-likeness (QED) is 0.786. The maximum atomic E-state index is 11.1. The lowest BCUT2D eigenvalue weighted by Crippen LogP contribution is -2.36. The summed E-state index contributed by atoms with van der Waals surface area (Å²) in [4.78, 5) is 0. The molecule has 0 spiro atoms. The smallest absolute Gasteiger partial charge is 0.0835 e. The number of ether oxygens (including phenoxy) is 1. The van der Waals surface area contributed by atoms with E-state index in [4.69, 9.17) is 4.74 Å². The second-order valence-corrected chi connectivity index (χ2v) is 7.74. The van der Waals surface area contributed by atoms with Gasteiger partial charge in [0, 0.05) is 11.8 Å². The van der Waals surface area contributed by atoms with Crippen LogP contribution in [0.3, 0.4) is 0 Å². The Balaban J connectivity index is 1.75. The van der Waals surface area contributed by atoms with Crippen LogP contribution in [0.4, 0.5) is 0 Å². The second-order valence-electron chi connectivity index (χ2n) is 7.74. The van der Waals surface area contributed by atoms with E-state index in [9.17, 15) is 5.11 Å². The molecule has 122 valence electrons. The molecule has 1 heterocycles. The van der Waals surface area contributed by atoms with E-state index in [1.54, 1.807) is 0 Å². The monoisotopic (exact) mass is 302 g/mol. The average molecular weight is 302 g/mol. The molecule has 1 saturated heterocycles. The molecule has 3 rings (SSSR count). The summed E-state index contributed by atoms with van der Waals surface area (Å²) >= 11 is 0. The van der Waals surface area contributed by atoms with E-state index in [0.717, 1.165) is 25.9 Å². The third kappa shape index (κ3) is 2.83. The molecule has 0 saturated carbocycles. The Morgan fingerprint density at radius 2 is 2.18 bits per heavy atom. The number of aliphatic hydroxyl groups is 1. The first-order chi connectivity index (χ1) is 10.5. The fourth-order valence-electron chi connectivity index (χ4n) is 4.63. The van der Waals surface area contributed by atoms with E-state index in [1.807, 2.05) is 0 Å². The highest BCUT2D eigenvalue weighted by Gasteiger charge is 2.49. The van der Waals surface area contributed by atoms with Crippen LogP contribution in [0.15, 0.2) is 34.9 Å². The Labute approximate surface area is 134 Å². The zero-order chi connectivity index (χ0) is 15.9. The highest BCUT2D eigenvalue weighted by molar-refractivity contribution is 5.33. The van der Waals surface area contributed by atoms with Gasteiger partial charge in [0.15, 0.2) is 0 Å². The summed E-state index contributed by atoms with van der Waals surface area (Å²) in [7, 11) is 0. The molecule has 3 aliphatic rings. The van der Waals surface area contributed by atoms with Gasteiger partial charge in [-0.1, -0.05) is 36.3 Å². The Hall–Kier alpha value is -0.860. The molecule has 0 radical (unpaired) electrons. The fourth-order valence-corrected chi connectivity index (χ4v) is 4.63. The fraction of sp³-hybridized carbons (Fsp3) is 0.700. The maximum absolute atomic E-state index is 11.1.